The summed E-state index contributed by atoms with van der Waals surface area (Å²) in [5.74, 6) is 0.900. The van der Waals surface area contributed by atoms with Crippen LogP contribution in [-0.2, 0) is 0 Å². The van der Waals surface area contributed by atoms with Gasteiger partial charge in [0.2, 0.25) is 5.95 Å². The van der Waals surface area contributed by atoms with Crippen LogP contribution in [0.5, 0.6) is 0 Å². The van der Waals surface area contributed by atoms with E-state index in [4.69, 9.17) is 17.3 Å². The minimum absolute atomic E-state index is 0.333. The number of hydrogen-bond donors (Lipinski definition) is 1. The second kappa shape index (κ2) is 4.47. The first-order chi connectivity index (χ1) is 9.06. The van der Waals surface area contributed by atoms with Gasteiger partial charge in [-0.05, 0) is 31.2 Å². The fraction of sp³-hybridized carbons (Fsp3) is 0.0833. The molecule has 7 heteroatoms. The summed E-state index contributed by atoms with van der Waals surface area (Å²) in [7, 11) is 0. The minimum Gasteiger partial charge on any atom is -0.369 e. The van der Waals surface area contributed by atoms with Crippen molar-refractivity contribution in [3.63, 3.8) is 0 Å². The van der Waals surface area contributed by atoms with Crippen LogP contribution in [0.4, 0.5) is 5.95 Å². The Labute approximate surface area is 122 Å². The number of rotatable bonds is 1. The van der Waals surface area contributed by atoms with Crippen molar-refractivity contribution in [1.29, 1.82) is 0 Å². The van der Waals surface area contributed by atoms with Gasteiger partial charge in [-0.1, -0.05) is 27.5 Å². The molecule has 96 valence electrons. The monoisotopic (exact) mass is 337 g/mol. The van der Waals surface area contributed by atoms with Crippen molar-refractivity contribution in [1.82, 2.24) is 19.5 Å². The van der Waals surface area contributed by atoms with Crippen LogP contribution in [0.1, 0.15) is 5.82 Å². The summed E-state index contributed by atoms with van der Waals surface area (Å²) in [6.45, 7) is 1.76. The number of benzene rings is 1. The molecule has 0 aliphatic carbocycles. The molecule has 0 bridgehead atoms. The second-order valence-corrected chi connectivity index (χ2v) is 5.29. The molecule has 0 spiro atoms. The Morgan fingerprint density at radius 1 is 1.16 bits per heavy atom. The van der Waals surface area contributed by atoms with Gasteiger partial charge in [-0.25, -0.2) is 9.97 Å². The summed E-state index contributed by atoms with van der Waals surface area (Å²) in [5, 5.41) is 0.342. The summed E-state index contributed by atoms with van der Waals surface area (Å²) in [4.78, 5) is 12.6. The van der Waals surface area contributed by atoms with Crippen molar-refractivity contribution < 1.29 is 0 Å². The first-order valence-corrected chi connectivity index (χ1v) is 6.67. The van der Waals surface area contributed by atoms with Gasteiger partial charge in [0.1, 0.15) is 11.3 Å². The topological polar surface area (TPSA) is 69.6 Å². The van der Waals surface area contributed by atoms with Crippen molar-refractivity contribution in [2.24, 2.45) is 0 Å². The third-order valence-corrected chi connectivity index (χ3v) is 3.49. The Balaban J connectivity index is 2.34. The molecule has 0 fully saturated rings. The summed E-state index contributed by atoms with van der Waals surface area (Å²) in [6, 6.07) is 7.67. The van der Waals surface area contributed by atoms with Gasteiger partial charge in [-0.3, -0.25) is 4.57 Å². The van der Waals surface area contributed by atoms with Crippen molar-refractivity contribution in [2.75, 3.05) is 5.73 Å². The van der Waals surface area contributed by atoms with Crippen LogP contribution in [-0.4, -0.2) is 19.5 Å². The van der Waals surface area contributed by atoms with Gasteiger partial charge < -0.3 is 5.73 Å². The van der Waals surface area contributed by atoms with Crippen molar-refractivity contribution >= 4 is 44.6 Å². The minimum atomic E-state index is 0.333. The number of anilines is 1. The average Bonchev–Trinajstić information content (AvgIpc) is 2.66. The number of nitrogen functional groups attached to an aromatic ring is 1. The van der Waals surface area contributed by atoms with Crippen LogP contribution in [0.2, 0.25) is 5.15 Å². The lowest BCUT2D eigenvalue weighted by Gasteiger charge is -2.07. The van der Waals surface area contributed by atoms with Gasteiger partial charge >= 0.3 is 0 Å². The normalized spacial score (nSPS) is 11.1. The van der Waals surface area contributed by atoms with E-state index < -0.39 is 0 Å². The molecule has 0 saturated heterocycles. The van der Waals surface area contributed by atoms with Crippen LogP contribution in [0, 0.1) is 6.92 Å². The zero-order valence-corrected chi connectivity index (χ0v) is 12.3. The molecule has 3 aromatic rings. The fourth-order valence-electron chi connectivity index (χ4n) is 1.91. The molecule has 2 aromatic heterocycles. The highest BCUT2D eigenvalue weighted by atomic mass is 79.9. The van der Waals surface area contributed by atoms with Crippen molar-refractivity contribution in [3.8, 4) is 5.69 Å². The Hall–Kier alpha value is -1.66. The number of aromatic nitrogens is 4. The molecule has 0 unspecified atom stereocenters. The molecule has 0 aliphatic heterocycles. The van der Waals surface area contributed by atoms with E-state index in [1.807, 2.05) is 24.3 Å². The molecule has 2 N–H and O–H groups in total. The Kier molecular flexibility index (Phi) is 2.91. The van der Waals surface area contributed by atoms with Crippen molar-refractivity contribution in [2.45, 2.75) is 6.92 Å². The molecule has 0 aliphatic rings. The molecule has 0 atom stereocenters. The largest absolute Gasteiger partial charge is 0.369 e. The number of nitrogens with zero attached hydrogens (tertiary/aromatic N) is 4. The number of halogens is 2. The molecular weight excluding hydrogens is 330 g/mol. The molecule has 3 rings (SSSR count). The van der Waals surface area contributed by atoms with E-state index in [-0.39, 0.29) is 0 Å². The maximum absolute atomic E-state index is 6.19. The number of aryl methyl sites for hydroxylation is 1. The molecule has 0 saturated carbocycles. The van der Waals surface area contributed by atoms with Crippen LogP contribution < -0.4 is 5.73 Å². The number of hydrogen-bond acceptors (Lipinski definition) is 4. The highest BCUT2D eigenvalue weighted by molar-refractivity contribution is 9.10. The Morgan fingerprint density at radius 3 is 2.53 bits per heavy atom. The number of nitrogens with two attached hydrogens (primary N) is 1. The average molecular weight is 339 g/mol. The van der Waals surface area contributed by atoms with Crippen LogP contribution in [0.3, 0.4) is 0 Å². The van der Waals surface area contributed by atoms with E-state index in [1.54, 1.807) is 11.5 Å². The molecule has 2 heterocycles. The van der Waals surface area contributed by atoms with E-state index in [0.717, 1.165) is 10.2 Å². The lowest BCUT2D eigenvalue weighted by atomic mass is 10.3. The predicted octanol–water partition coefficient (Wildman–Crippen LogP) is 3.12. The third-order valence-electron chi connectivity index (χ3n) is 2.69. The summed E-state index contributed by atoms with van der Waals surface area (Å²) in [5.41, 5.74) is 7.93. The van der Waals surface area contributed by atoms with Gasteiger partial charge in [0.25, 0.3) is 0 Å². The first-order valence-electron chi connectivity index (χ1n) is 5.50. The maximum atomic E-state index is 6.19. The quantitative estimate of drug-likeness (QED) is 0.692. The lowest BCUT2D eigenvalue weighted by molar-refractivity contribution is 1.07. The smallest absolute Gasteiger partial charge is 0.207 e. The summed E-state index contributed by atoms with van der Waals surface area (Å²) < 4.78 is 2.72. The SMILES string of the molecule is Cc1nc(Cl)c2c(n1)nc(N)n2-c1ccc(Br)cc1. The summed E-state index contributed by atoms with van der Waals surface area (Å²) >= 11 is 9.58. The van der Waals surface area contributed by atoms with Crippen LogP contribution in [0.25, 0.3) is 16.9 Å². The fourth-order valence-corrected chi connectivity index (χ4v) is 2.47. The highest BCUT2D eigenvalue weighted by Crippen LogP contribution is 2.27. The van der Waals surface area contributed by atoms with Crippen molar-refractivity contribution in [3.05, 3.63) is 39.7 Å². The third kappa shape index (κ3) is 2.06. The van der Waals surface area contributed by atoms with Gasteiger partial charge in [-0.2, -0.15) is 4.98 Å². The predicted molar refractivity (Wildman–Crippen MR) is 78.5 cm³/mol. The Bertz CT molecular complexity index is 766. The van der Waals surface area contributed by atoms with Gasteiger partial charge in [-0.15, -0.1) is 0 Å². The van der Waals surface area contributed by atoms with Gasteiger partial charge in [0.05, 0.1) is 0 Å². The molecule has 0 amide bonds. The molecule has 19 heavy (non-hydrogen) atoms. The molecule has 1 aromatic carbocycles. The van der Waals surface area contributed by atoms with E-state index in [9.17, 15) is 0 Å². The molecule has 0 radical (unpaired) electrons. The van der Waals surface area contributed by atoms with Crippen LogP contribution in [0.15, 0.2) is 28.7 Å². The lowest BCUT2D eigenvalue weighted by Crippen LogP contribution is -2.01. The van der Waals surface area contributed by atoms with E-state index in [2.05, 4.69) is 30.9 Å². The zero-order chi connectivity index (χ0) is 13.6. The number of imidazole rings is 1. The van der Waals surface area contributed by atoms with E-state index in [0.29, 0.717) is 28.1 Å². The number of fused-ring (bicyclic) bond motifs is 1. The van der Waals surface area contributed by atoms with Gasteiger partial charge in [0.15, 0.2) is 10.8 Å². The molecular formula is C12H9BrClN5. The second-order valence-electron chi connectivity index (χ2n) is 4.02. The van der Waals surface area contributed by atoms with Gasteiger partial charge in [0, 0.05) is 10.2 Å². The Morgan fingerprint density at radius 2 is 1.84 bits per heavy atom. The standard InChI is InChI=1S/C12H9BrClN5/c1-6-16-10(14)9-11(17-6)18-12(15)19(9)8-4-2-7(13)3-5-8/h2-5H,1H3,(H2,15,16,17,18). The summed E-state index contributed by atoms with van der Waals surface area (Å²) in [6.07, 6.45) is 0. The highest BCUT2D eigenvalue weighted by Gasteiger charge is 2.15. The first kappa shape index (κ1) is 12.4. The zero-order valence-electron chi connectivity index (χ0n) is 9.93. The van der Waals surface area contributed by atoms with E-state index in [1.165, 1.54) is 0 Å². The molecule has 5 nitrogen and oxygen atoms in total. The van der Waals surface area contributed by atoms with E-state index >= 15 is 0 Å². The van der Waals surface area contributed by atoms with Crippen LogP contribution >= 0.6 is 27.5 Å². The maximum Gasteiger partial charge on any atom is 0.207 e.